The first-order valence-corrected chi connectivity index (χ1v) is 6.92. The number of rotatable bonds is 1. The molecule has 1 aromatic rings. The Bertz CT molecular complexity index is 294. The highest BCUT2D eigenvalue weighted by atomic mass is 79.9. The molecule has 0 aliphatic heterocycles. The van der Waals surface area contributed by atoms with Crippen LogP contribution >= 0.6 is 27.3 Å². The molecule has 1 nitrogen and oxygen atoms in total. The fourth-order valence-electron chi connectivity index (χ4n) is 2.24. The molecule has 0 saturated heterocycles. The minimum atomic E-state index is 0.419. The molecular formula is C11H16BrNS. The van der Waals surface area contributed by atoms with Crippen molar-refractivity contribution in [3.8, 4) is 0 Å². The lowest BCUT2D eigenvalue weighted by atomic mass is 9.69. The second kappa shape index (κ2) is 3.93. The molecule has 0 amide bonds. The molecule has 2 atom stereocenters. The van der Waals surface area contributed by atoms with Crippen LogP contribution in [-0.2, 0) is 0 Å². The summed E-state index contributed by atoms with van der Waals surface area (Å²) in [5.41, 5.74) is 0.419. The fraction of sp³-hybridized carbons (Fsp3) is 0.727. The minimum absolute atomic E-state index is 0.419. The molecule has 1 fully saturated rings. The van der Waals surface area contributed by atoms with Gasteiger partial charge >= 0.3 is 0 Å². The Kier molecular flexibility index (Phi) is 2.98. The van der Waals surface area contributed by atoms with E-state index in [1.54, 1.807) is 11.3 Å². The van der Waals surface area contributed by atoms with Gasteiger partial charge in [0, 0.05) is 22.3 Å². The van der Waals surface area contributed by atoms with Crippen molar-refractivity contribution in [1.29, 1.82) is 0 Å². The van der Waals surface area contributed by atoms with Gasteiger partial charge in [-0.15, -0.1) is 11.3 Å². The summed E-state index contributed by atoms with van der Waals surface area (Å²) < 4.78 is 0. The number of alkyl halides is 1. The van der Waals surface area contributed by atoms with E-state index in [1.807, 2.05) is 6.20 Å². The Labute approximate surface area is 98.1 Å². The number of aromatic nitrogens is 1. The van der Waals surface area contributed by atoms with Crippen LogP contribution in [0.15, 0.2) is 11.6 Å². The highest BCUT2D eigenvalue weighted by molar-refractivity contribution is 9.09. The fourth-order valence-corrected chi connectivity index (χ4v) is 3.80. The van der Waals surface area contributed by atoms with Crippen molar-refractivity contribution >= 4 is 27.3 Å². The van der Waals surface area contributed by atoms with E-state index in [4.69, 9.17) is 0 Å². The van der Waals surface area contributed by atoms with Crippen molar-refractivity contribution in [1.82, 2.24) is 4.98 Å². The zero-order valence-electron chi connectivity index (χ0n) is 8.66. The van der Waals surface area contributed by atoms with Crippen LogP contribution in [0.25, 0.3) is 0 Å². The molecule has 78 valence electrons. The molecule has 3 heteroatoms. The van der Waals surface area contributed by atoms with E-state index in [2.05, 4.69) is 40.1 Å². The van der Waals surface area contributed by atoms with Gasteiger partial charge in [-0.2, -0.15) is 0 Å². The average Bonchev–Trinajstić information content (AvgIpc) is 2.62. The Morgan fingerprint density at radius 3 is 3.00 bits per heavy atom. The lowest BCUT2D eigenvalue weighted by Gasteiger charge is -2.39. The van der Waals surface area contributed by atoms with Gasteiger partial charge < -0.3 is 0 Å². The predicted octanol–water partition coefficient (Wildman–Crippen LogP) is 4.20. The first-order valence-electron chi connectivity index (χ1n) is 5.13. The van der Waals surface area contributed by atoms with Crippen molar-refractivity contribution in [3.05, 3.63) is 16.6 Å². The van der Waals surface area contributed by atoms with Gasteiger partial charge in [0.15, 0.2) is 0 Å². The van der Waals surface area contributed by atoms with Crippen LogP contribution in [-0.4, -0.2) is 9.81 Å². The molecule has 1 aliphatic rings. The normalized spacial score (nSPS) is 31.6. The van der Waals surface area contributed by atoms with Gasteiger partial charge in [0.1, 0.15) is 0 Å². The lowest BCUT2D eigenvalue weighted by Crippen LogP contribution is -2.30. The molecule has 1 aromatic heterocycles. The Morgan fingerprint density at radius 1 is 1.57 bits per heavy atom. The van der Waals surface area contributed by atoms with Crippen molar-refractivity contribution in [2.24, 2.45) is 5.41 Å². The van der Waals surface area contributed by atoms with E-state index in [-0.39, 0.29) is 0 Å². The van der Waals surface area contributed by atoms with Crippen LogP contribution in [0.2, 0.25) is 0 Å². The maximum Gasteiger partial charge on any atom is 0.0961 e. The molecule has 1 aliphatic carbocycles. The smallest absolute Gasteiger partial charge is 0.0961 e. The first kappa shape index (κ1) is 10.6. The highest BCUT2D eigenvalue weighted by Crippen LogP contribution is 2.48. The number of thiazole rings is 1. The predicted molar refractivity (Wildman–Crippen MR) is 65.2 cm³/mol. The van der Waals surface area contributed by atoms with Crippen LogP contribution in [0, 0.1) is 5.41 Å². The third-order valence-electron chi connectivity index (χ3n) is 3.29. The first-order chi connectivity index (χ1) is 6.59. The van der Waals surface area contributed by atoms with E-state index in [0.29, 0.717) is 16.2 Å². The monoisotopic (exact) mass is 273 g/mol. The molecule has 0 bridgehead atoms. The summed E-state index contributed by atoms with van der Waals surface area (Å²) in [4.78, 5) is 5.15. The second-order valence-corrected chi connectivity index (χ2v) is 7.00. The SMILES string of the molecule is CC1(C)CCC(Br)CC1c1nccs1. The number of halogens is 1. The summed E-state index contributed by atoms with van der Waals surface area (Å²) in [6, 6.07) is 0. The summed E-state index contributed by atoms with van der Waals surface area (Å²) in [5.74, 6) is 0.639. The Morgan fingerprint density at radius 2 is 2.36 bits per heavy atom. The van der Waals surface area contributed by atoms with Crippen LogP contribution in [0.4, 0.5) is 0 Å². The molecule has 1 heterocycles. The van der Waals surface area contributed by atoms with Crippen LogP contribution in [0.1, 0.15) is 44.0 Å². The van der Waals surface area contributed by atoms with Crippen LogP contribution < -0.4 is 0 Å². The molecule has 0 radical (unpaired) electrons. The average molecular weight is 274 g/mol. The topological polar surface area (TPSA) is 12.9 Å². The summed E-state index contributed by atoms with van der Waals surface area (Å²) >= 11 is 5.54. The van der Waals surface area contributed by atoms with E-state index >= 15 is 0 Å². The maximum absolute atomic E-state index is 4.47. The standard InChI is InChI=1S/C11H16BrNS/c1-11(2)4-3-8(12)7-9(11)10-13-5-6-14-10/h5-6,8-9H,3-4,7H2,1-2H3. The van der Waals surface area contributed by atoms with Gasteiger partial charge in [0.25, 0.3) is 0 Å². The Hall–Kier alpha value is 0.110. The number of nitrogens with zero attached hydrogens (tertiary/aromatic N) is 1. The summed E-state index contributed by atoms with van der Waals surface area (Å²) in [5, 5.41) is 3.41. The lowest BCUT2D eigenvalue weighted by molar-refractivity contribution is 0.205. The van der Waals surface area contributed by atoms with Gasteiger partial charge in [0.05, 0.1) is 5.01 Å². The zero-order valence-corrected chi connectivity index (χ0v) is 11.1. The maximum atomic E-state index is 4.47. The van der Waals surface area contributed by atoms with Gasteiger partial charge in [-0.05, 0) is 24.7 Å². The number of hydrogen-bond acceptors (Lipinski definition) is 2. The van der Waals surface area contributed by atoms with Crippen molar-refractivity contribution in [2.45, 2.75) is 43.9 Å². The molecule has 2 unspecified atom stereocenters. The van der Waals surface area contributed by atoms with Crippen molar-refractivity contribution < 1.29 is 0 Å². The molecule has 2 rings (SSSR count). The molecular weight excluding hydrogens is 258 g/mol. The Balaban J connectivity index is 2.22. The summed E-state index contributed by atoms with van der Waals surface area (Å²) in [6.07, 6.45) is 5.76. The van der Waals surface area contributed by atoms with E-state index in [9.17, 15) is 0 Å². The number of hydrogen-bond donors (Lipinski definition) is 0. The second-order valence-electron chi connectivity index (χ2n) is 4.78. The summed E-state index contributed by atoms with van der Waals surface area (Å²) in [7, 11) is 0. The molecule has 1 saturated carbocycles. The van der Waals surface area contributed by atoms with Crippen molar-refractivity contribution in [3.63, 3.8) is 0 Å². The van der Waals surface area contributed by atoms with E-state index in [0.717, 1.165) is 0 Å². The largest absolute Gasteiger partial charge is 0.249 e. The van der Waals surface area contributed by atoms with Crippen LogP contribution in [0.5, 0.6) is 0 Å². The zero-order chi connectivity index (χ0) is 10.2. The minimum Gasteiger partial charge on any atom is -0.249 e. The molecule has 0 aromatic carbocycles. The van der Waals surface area contributed by atoms with Crippen LogP contribution in [0.3, 0.4) is 0 Å². The molecule has 0 N–H and O–H groups in total. The van der Waals surface area contributed by atoms with Gasteiger partial charge in [0.2, 0.25) is 0 Å². The third kappa shape index (κ3) is 2.03. The van der Waals surface area contributed by atoms with E-state index < -0.39 is 0 Å². The van der Waals surface area contributed by atoms with Gasteiger partial charge in [-0.3, -0.25) is 0 Å². The van der Waals surface area contributed by atoms with Crippen molar-refractivity contribution in [2.75, 3.05) is 0 Å². The van der Waals surface area contributed by atoms with E-state index in [1.165, 1.54) is 24.3 Å². The summed E-state index contributed by atoms with van der Waals surface area (Å²) in [6.45, 7) is 4.75. The highest BCUT2D eigenvalue weighted by Gasteiger charge is 2.37. The quantitative estimate of drug-likeness (QED) is 0.699. The van der Waals surface area contributed by atoms with Gasteiger partial charge in [-0.1, -0.05) is 29.8 Å². The third-order valence-corrected chi connectivity index (χ3v) is 5.01. The van der Waals surface area contributed by atoms with Gasteiger partial charge in [-0.25, -0.2) is 4.98 Å². The molecule has 14 heavy (non-hydrogen) atoms. The molecule has 0 spiro atoms.